The van der Waals surface area contributed by atoms with E-state index in [0.717, 1.165) is 19.2 Å². The molecule has 0 heterocycles. The number of hydrogen-bond acceptors (Lipinski definition) is 3. The first-order valence-corrected chi connectivity index (χ1v) is 7.40. The van der Waals surface area contributed by atoms with Gasteiger partial charge in [-0.05, 0) is 12.1 Å². The van der Waals surface area contributed by atoms with Crippen molar-refractivity contribution in [2.24, 2.45) is 5.14 Å². The van der Waals surface area contributed by atoms with Gasteiger partial charge in [-0.3, -0.25) is 4.79 Å². The zero-order valence-corrected chi connectivity index (χ0v) is 12.4. The summed E-state index contributed by atoms with van der Waals surface area (Å²) in [5.41, 5.74) is -0.386. The van der Waals surface area contributed by atoms with Gasteiger partial charge in [0.25, 0.3) is 12.3 Å². The van der Waals surface area contributed by atoms with Crippen LogP contribution in [0.2, 0.25) is 10.0 Å². The minimum absolute atomic E-state index is 0.159. The first-order valence-electron chi connectivity index (χ1n) is 5.10. The summed E-state index contributed by atoms with van der Waals surface area (Å²) in [5.74, 6) is -0.925. The van der Waals surface area contributed by atoms with Crippen LogP contribution in [0.1, 0.15) is 10.4 Å². The van der Waals surface area contributed by atoms with Crippen molar-refractivity contribution in [2.45, 2.75) is 11.3 Å². The lowest BCUT2D eigenvalue weighted by molar-refractivity contribution is 0.0620. The fourth-order valence-electron chi connectivity index (χ4n) is 1.43. The highest BCUT2D eigenvalue weighted by atomic mass is 35.5. The quantitative estimate of drug-likeness (QED) is 0.904. The summed E-state index contributed by atoms with van der Waals surface area (Å²) in [6, 6.07) is 2.14. The van der Waals surface area contributed by atoms with E-state index in [9.17, 15) is 22.0 Å². The second kappa shape index (κ2) is 6.21. The van der Waals surface area contributed by atoms with E-state index in [0.29, 0.717) is 4.90 Å². The zero-order valence-electron chi connectivity index (χ0n) is 10.1. The van der Waals surface area contributed by atoms with Crippen LogP contribution in [-0.2, 0) is 10.0 Å². The molecule has 2 N–H and O–H groups in total. The molecule has 0 spiro atoms. The van der Waals surface area contributed by atoms with Crippen molar-refractivity contribution >= 4 is 39.1 Å². The Labute approximate surface area is 124 Å². The predicted octanol–water partition coefficient (Wildman–Crippen LogP) is 1.98. The molecule has 5 nitrogen and oxygen atoms in total. The Kier molecular flexibility index (Phi) is 5.31. The Bertz CT molecular complexity index is 638. The summed E-state index contributed by atoms with van der Waals surface area (Å²) in [4.78, 5) is 12.2. The Hall–Kier alpha value is -0.960. The summed E-state index contributed by atoms with van der Waals surface area (Å²) >= 11 is 11.6. The molecule has 0 unspecified atom stereocenters. The number of alkyl halides is 2. The number of hydrogen-bond donors (Lipinski definition) is 1. The number of carbonyl (C=O) groups is 1. The molecule has 112 valence electrons. The molecule has 0 bridgehead atoms. The number of benzene rings is 1. The average Bonchev–Trinajstić information content (AvgIpc) is 2.25. The van der Waals surface area contributed by atoms with Gasteiger partial charge in [-0.25, -0.2) is 22.3 Å². The molecule has 1 aromatic rings. The second-order valence-electron chi connectivity index (χ2n) is 3.86. The highest BCUT2D eigenvalue weighted by Crippen LogP contribution is 2.31. The summed E-state index contributed by atoms with van der Waals surface area (Å²) in [6.45, 7) is -0.842. The van der Waals surface area contributed by atoms with E-state index in [4.69, 9.17) is 28.3 Å². The lowest BCUT2D eigenvalue weighted by atomic mass is 10.2. The van der Waals surface area contributed by atoms with Crippen molar-refractivity contribution in [3.8, 4) is 0 Å². The van der Waals surface area contributed by atoms with Gasteiger partial charge >= 0.3 is 0 Å². The molecule has 1 rings (SSSR count). The van der Waals surface area contributed by atoms with Crippen molar-refractivity contribution in [1.29, 1.82) is 0 Å². The predicted molar refractivity (Wildman–Crippen MR) is 70.8 cm³/mol. The fraction of sp³-hybridized carbons (Fsp3) is 0.300. The van der Waals surface area contributed by atoms with E-state index >= 15 is 0 Å². The lowest BCUT2D eigenvalue weighted by Crippen LogP contribution is -2.32. The summed E-state index contributed by atoms with van der Waals surface area (Å²) in [5, 5.41) is 4.28. The number of halogens is 4. The molecule has 0 aromatic heterocycles. The number of primary sulfonamides is 1. The Balaban J connectivity index is 3.35. The Morgan fingerprint density at radius 2 is 1.95 bits per heavy atom. The first-order chi connectivity index (χ1) is 9.05. The number of carbonyl (C=O) groups excluding carboxylic acids is 1. The van der Waals surface area contributed by atoms with Gasteiger partial charge in [-0.15, -0.1) is 0 Å². The minimum atomic E-state index is -4.16. The zero-order chi connectivity index (χ0) is 15.7. The van der Waals surface area contributed by atoms with Crippen LogP contribution in [0.4, 0.5) is 8.78 Å². The van der Waals surface area contributed by atoms with Crippen LogP contribution in [0, 0.1) is 0 Å². The van der Waals surface area contributed by atoms with Gasteiger partial charge in [0.05, 0.1) is 22.2 Å². The van der Waals surface area contributed by atoms with Gasteiger partial charge in [0.2, 0.25) is 10.0 Å². The van der Waals surface area contributed by atoms with Crippen molar-refractivity contribution in [3.63, 3.8) is 0 Å². The van der Waals surface area contributed by atoms with Crippen LogP contribution in [0.5, 0.6) is 0 Å². The average molecular weight is 347 g/mol. The number of nitrogens with zero attached hydrogens (tertiary/aromatic N) is 1. The number of nitrogens with two attached hydrogens (primary N) is 1. The first kappa shape index (κ1) is 17.1. The molecule has 0 aliphatic carbocycles. The molecule has 0 radical (unpaired) electrons. The molecule has 1 aromatic carbocycles. The van der Waals surface area contributed by atoms with Crippen molar-refractivity contribution < 1.29 is 22.0 Å². The third kappa shape index (κ3) is 3.78. The van der Waals surface area contributed by atoms with Gasteiger partial charge in [0.15, 0.2) is 0 Å². The summed E-state index contributed by atoms with van der Waals surface area (Å²) < 4.78 is 47.1. The molecule has 0 aliphatic heterocycles. The van der Waals surface area contributed by atoms with E-state index in [1.807, 2.05) is 0 Å². The second-order valence-corrected chi connectivity index (χ2v) is 6.17. The largest absolute Gasteiger partial charge is 0.336 e. The third-order valence-corrected chi connectivity index (χ3v) is 4.11. The van der Waals surface area contributed by atoms with Crippen LogP contribution in [0.25, 0.3) is 0 Å². The maximum absolute atomic E-state index is 12.3. The van der Waals surface area contributed by atoms with Gasteiger partial charge < -0.3 is 4.90 Å². The Morgan fingerprint density at radius 1 is 1.40 bits per heavy atom. The number of amides is 1. The smallest absolute Gasteiger partial charge is 0.256 e. The van der Waals surface area contributed by atoms with Gasteiger partial charge in [-0.2, -0.15) is 0 Å². The van der Waals surface area contributed by atoms with Crippen LogP contribution < -0.4 is 5.14 Å². The third-order valence-electron chi connectivity index (χ3n) is 2.33. The maximum atomic E-state index is 12.3. The van der Waals surface area contributed by atoms with Crippen LogP contribution in [0.3, 0.4) is 0 Å². The maximum Gasteiger partial charge on any atom is 0.256 e. The molecule has 0 saturated carbocycles. The van der Waals surface area contributed by atoms with Gasteiger partial charge in [0, 0.05) is 7.05 Å². The van der Waals surface area contributed by atoms with Crippen molar-refractivity contribution in [2.75, 3.05) is 13.6 Å². The minimum Gasteiger partial charge on any atom is -0.336 e. The van der Waals surface area contributed by atoms with Gasteiger partial charge in [-0.1, -0.05) is 23.2 Å². The molecule has 0 fully saturated rings. The van der Waals surface area contributed by atoms with E-state index in [1.165, 1.54) is 0 Å². The SMILES string of the molecule is CN(CC(F)F)C(=O)c1c(Cl)ccc(S(N)(=O)=O)c1Cl. The van der Waals surface area contributed by atoms with Crippen molar-refractivity contribution in [1.82, 2.24) is 4.90 Å². The van der Waals surface area contributed by atoms with E-state index in [1.54, 1.807) is 0 Å². The molecular weight excluding hydrogens is 337 g/mol. The van der Waals surface area contributed by atoms with Crippen LogP contribution in [0.15, 0.2) is 17.0 Å². The summed E-state index contributed by atoms with van der Waals surface area (Å²) in [7, 11) is -3.05. The highest BCUT2D eigenvalue weighted by Gasteiger charge is 2.25. The Morgan fingerprint density at radius 3 is 2.40 bits per heavy atom. The number of rotatable bonds is 4. The molecule has 1 amide bonds. The normalized spacial score (nSPS) is 11.8. The van der Waals surface area contributed by atoms with Gasteiger partial charge in [0.1, 0.15) is 4.90 Å². The molecule has 0 saturated heterocycles. The monoisotopic (exact) mass is 346 g/mol. The van der Waals surface area contributed by atoms with E-state index in [-0.39, 0.29) is 10.6 Å². The topological polar surface area (TPSA) is 80.5 Å². The lowest BCUT2D eigenvalue weighted by Gasteiger charge is -2.18. The van der Waals surface area contributed by atoms with E-state index < -0.39 is 38.8 Å². The standard InChI is InChI=1S/C10H10Cl2F2N2O3S/c1-16(4-7(13)14)10(17)8-5(11)2-3-6(9(8)12)20(15,18)19/h2-3,7H,4H2,1H3,(H2,15,18,19). The molecule has 0 atom stereocenters. The highest BCUT2D eigenvalue weighted by molar-refractivity contribution is 7.89. The molecule has 0 aliphatic rings. The molecule has 20 heavy (non-hydrogen) atoms. The fourth-order valence-corrected chi connectivity index (χ4v) is 2.89. The van der Waals surface area contributed by atoms with E-state index in [2.05, 4.69) is 0 Å². The number of sulfonamides is 1. The molecule has 10 heteroatoms. The molecular formula is C10H10Cl2F2N2O3S. The summed E-state index contributed by atoms with van der Waals surface area (Å²) in [6.07, 6.45) is -2.75. The van der Waals surface area contributed by atoms with Crippen LogP contribution >= 0.6 is 23.2 Å². The van der Waals surface area contributed by atoms with Crippen molar-refractivity contribution in [3.05, 3.63) is 27.7 Å². The van der Waals surface area contributed by atoms with Crippen LogP contribution in [-0.4, -0.2) is 39.2 Å².